The first-order chi connectivity index (χ1) is 14.6. The standard InChI is InChI=1S/C20H30N4O6S/c1-9-15-14(10(2)21-8-13(25)30-5)19(27)24(15)16(20(28)29)17(9)31-11-6-12(22-7-11)18(26)23(3)4/h9-12,14-15,21-22H,6-8H2,1-5H3,(H,28,29)/t9-,10-,11+,12+,14-,15-/m1/s1. The third-order valence-corrected chi connectivity index (χ3v) is 7.76. The number of carbonyl (C=O) groups is 4. The van der Waals surface area contributed by atoms with E-state index in [0.717, 1.165) is 0 Å². The molecule has 10 nitrogen and oxygen atoms in total. The molecule has 3 aliphatic rings. The largest absolute Gasteiger partial charge is 0.477 e. The minimum atomic E-state index is -1.12. The number of ether oxygens (including phenoxy) is 1. The van der Waals surface area contributed by atoms with Crippen molar-refractivity contribution < 1.29 is 29.0 Å². The van der Waals surface area contributed by atoms with Crippen molar-refractivity contribution in [1.29, 1.82) is 0 Å². The molecule has 0 aromatic carbocycles. The zero-order valence-electron chi connectivity index (χ0n) is 18.4. The first-order valence-electron chi connectivity index (χ1n) is 10.3. The molecule has 0 aromatic rings. The fourth-order valence-corrected chi connectivity index (χ4v) is 6.09. The first-order valence-corrected chi connectivity index (χ1v) is 11.2. The van der Waals surface area contributed by atoms with Crippen LogP contribution in [-0.2, 0) is 23.9 Å². The van der Waals surface area contributed by atoms with Crippen LogP contribution in [0.5, 0.6) is 0 Å². The van der Waals surface area contributed by atoms with Gasteiger partial charge in [-0.15, -0.1) is 11.8 Å². The Bertz CT molecular complexity index is 815. The monoisotopic (exact) mass is 454 g/mol. The molecule has 0 spiro atoms. The minimum absolute atomic E-state index is 0.000394. The number of nitrogens with one attached hydrogen (secondary N) is 2. The van der Waals surface area contributed by atoms with Crippen molar-refractivity contribution in [1.82, 2.24) is 20.4 Å². The Morgan fingerprint density at radius 2 is 2.06 bits per heavy atom. The molecular weight excluding hydrogens is 424 g/mol. The molecule has 3 aliphatic heterocycles. The minimum Gasteiger partial charge on any atom is -0.477 e. The number of fused-ring (bicyclic) bond motifs is 1. The van der Waals surface area contributed by atoms with Crippen molar-refractivity contribution in [2.75, 3.05) is 34.3 Å². The molecule has 0 radical (unpaired) electrons. The van der Waals surface area contributed by atoms with Gasteiger partial charge in [0.05, 0.1) is 31.7 Å². The van der Waals surface area contributed by atoms with E-state index in [9.17, 15) is 24.3 Å². The second-order valence-electron chi connectivity index (χ2n) is 8.45. The zero-order valence-corrected chi connectivity index (χ0v) is 19.2. The van der Waals surface area contributed by atoms with Gasteiger partial charge in [0, 0.05) is 42.8 Å². The summed E-state index contributed by atoms with van der Waals surface area (Å²) in [6.45, 7) is 4.34. The maximum absolute atomic E-state index is 12.9. The maximum Gasteiger partial charge on any atom is 0.353 e. The van der Waals surface area contributed by atoms with Crippen LogP contribution in [0.4, 0.5) is 0 Å². The van der Waals surface area contributed by atoms with Gasteiger partial charge in [0.25, 0.3) is 0 Å². The number of hydrogen-bond donors (Lipinski definition) is 3. The molecule has 0 aromatic heterocycles. The topological polar surface area (TPSA) is 128 Å². The number of methoxy groups -OCH3 is 1. The maximum atomic E-state index is 12.9. The van der Waals surface area contributed by atoms with Crippen LogP contribution in [0.15, 0.2) is 10.6 Å². The van der Waals surface area contributed by atoms with Crippen molar-refractivity contribution in [2.24, 2.45) is 11.8 Å². The molecule has 3 heterocycles. The predicted octanol–water partition coefficient (Wildman–Crippen LogP) is -0.538. The highest BCUT2D eigenvalue weighted by Crippen LogP contribution is 2.51. The van der Waals surface area contributed by atoms with Crippen molar-refractivity contribution in [2.45, 2.75) is 43.6 Å². The number of likely N-dealkylation sites (N-methyl/N-ethyl adjacent to an activating group) is 1. The Hall–Kier alpha value is -2.11. The van der Waals surface area contributed by atoms with Gasteiger partial charge in [0.15, 0.2) is 0 Å². The molecule has 11 heteroatoms. The number of amides is 2. The molecule has 3 rings (SSSR count). The number of carbonyl (C=O) groups excluding carboxylic acids is 3. The van der Waals surface area contributed by atoms with Gasteiger partial charge >= 0.3 is 11.9 Å². The molecule has 0 aliphatic carbocycles. The quantitative estimate of drug-likeness (QED) is 0.327. The van der Waals surface area contributed by atoms with Crippen LogP contribution in [0, 0.1) is 11.8 Å². The van der Waals surface area contributed by atoms with E-state index in [2.05, 4.69) is 15.4 Å². The molecule has 2 fully saturated rings. The fourth-order valence-electron chi connectivity index (χ4n) is 4.61. The van der Waals surface area contributed by atoms with Crippen LogP contribution >= 0.6 is 11.8 Å². The average molecular weight is 455 g/mol. The second-order valence-corrected chi connectivity index (χ2v) is 9.79. The van der Waals surface area contributed by atoms with E-state index < -0.39 is 17.9 Å². The summed E-state index contributed by atoms with van der Waals surface area (Å²) >= 11 is 1.45. The lowest BCUT2D eigenvalue weighted by Crippen LogP contribution is -2.66. The van der Waals surface area contributed by atoms with Crippen LogP contribution in [0.1, 0.15) is 20.3 Å². The van der Waals surface area contributed by atoms with E-state index >= 15 is 0 Å². The molecule has 172 valence electrons. The van der Waals surface area contributed by atoms with Gasteiger partial charge in [-0.3, -0.25) is 14.4 Å². The molecule has 0 bridgehead atoms. The average Bonchev–Trinajstić information content (AvgIpc) is 3.27. The number of esters is 1. The Morgan fingerprint density at radius 1 is 1.39 bits per heavy atom. The highest BCUT2D eigenvalue weighted by atomic mass is 32.2. The van der Waals surface area contributed by atoms with Crippen molar-refractivity contribution in [3.63, 3.8) is 0 Å². The van der Waals surface area contributed by atoms with E-state index in [-0.39, 0.29) is 53.3 Å². The number of carboxylic acid groups (broad SMARTS) is 1. The Kier molecular flexibility index (Phi) is 6.97. The second kappa shape index (κ2) is 9.17. The smallest absolute Gasteiger partial charge is 0.353 e. The SMILES string of the molecule is COC(=O)CN[C@H](C)[C@H]1C(=O)N2C(C(=O)O)=C(S[C@@H]3CN[C@H](C(=O)N(C)C)C3)[C@H](C)[C@H]12. The molecule has 31 heavy (non-hydrogen) atoms. The van der Waals surface area contributed by atoms with Gasteiger partial charge in [0.1, 0.15) is 5.70 Å². The normalized spacial score (nSPS) is 30.7. The van der Waals surface area contributed by atoms with Gasteiger partial charge < -0.3 is 30.3 Å². The highest BCUT2D eigenvalue weighted by molar-refractivity contribution is 8.03. The van der Waals surface area contributed by atoms with Gasteiger partial charge in [-0.05, 0) is 13.3 Å². The van der Waals surface area contributed by atoms with E-state index in [1.165, 1.54) is 23.8 Å². The summed E-state index contributed by atoms with van der Waals surface area (Å²) in [6, 6.07) is -0.855. The lowest BCUT2D eigenvalue weighted by Gasteiger charge is -2.47. The number of aliphatic carboxylic acids is 1. The summed E-state index contributed by atoms with van der Waals surface area (Å²) < 4.78 is 4.63. The number of hydrogen-bond acceptors (Lipinski definition) is 8. The van der Waals surface area contributed by atoms with E-state index in [1.807, 2.05) is 13.8 Å². The molecular formula is C20H30N4O6S. The van der Waals surface area contributed by atoms with E-state index in [1.54, 1.807) is 19.0 Å². The molecule has 6 atom stereocenters. The third kappa shape index (κ3) is 4.31. The molecule has 0 unspecified atom stereocenters. The lowest BCUT2D eigenvalue weighted by molar-refractivity contribution is -0.158. The summed E-state index contributed by atoms with van der Waals surface area (Å²) in [5, 5.41) is 16.1. The molecule has 0 saturated carbocycles. The van der Waals surface area contributed by atoms with Crippen molar-refractivity contribution in [3.8, 4) is 0 Å². The summed E-state index contributed by atoms with van der Waals surface area (Å²) in [6.07, 6.45) is 0.601. The van der Waals surface area contributed by atoms with Crippen LogP contribution in [0.25, 0.3) is 0 Å². The van der Waals surface area contributed by atoms with Crippen molar-refractivity contribution in [3.05, 3.63) is 10.6 Å². The number of nitrogens with zero attached hydrogens (tertiary/aromatic N) is 2. The fraction of sp³-hybridized carbons (Fsp3) is 0.700. The summed E-state index contributed by atoms with van der Waals surface area (Å²) in [7, 11) is 4.71. The van der Waals surface area contributed by atoms with Gasteiger partial charge in [-0.1, -0.05) is 6.92 Å². The summed E-state index contributed by atoms with van der Waals surface area (Å²) in [5.41, 5.74) is 0.0475. The molecule has 2 saturated heterocycles. The summed E-state index contributed by atoms with van der Waals surface area (Å²) in [5.74, 6) is -2.36. The van der Waals surface area contributed by atoms with E-state index in [4.69, 9.17) is 0 Å². The summed E-state index contributed by atoms with van der Waals surface area (Å²) in [4.78, 5) is 52.2. The van der Waals surface area contributed by atoms with Crippen LogP contribution in [0.3, 0.4) is 0 Å². The molecule has 3 N–H and O–H groups in total. The van der Waals surface area contributed by atoms with E-state index in [0.29, 0.717) is 17.9 Å². The first kappa shape index (κ1) is 23.6. The van der Waals surface area contributed by atoms with Crippen LogP contribution < -0.4 is 10.6 Å². The van der Waals surface area contributed by atoms with Gasteiger partial charge in [-0.25, -0.2) is 4.79 Å². The zero-order chi connectivity index (χ0) is 23.0. The Morgan fingerprint density at radius 3 is 2.65 bits per heavy atom. The lowest BCUT2D eigenvalue weighted by atomic mass is 9.78. The Balaban J connectivity index is 1.72. The van der Waals surface area contributed by atoms with Crippen LogP contribution in [0.2, 0.25) is 0 Å². The number of carboxylic acids is 1. The van der Waals surface area contributed by atoms with Crippen molar-refractivity contribution >= 4 is 35.5 Å². The van der Waals surface area contributed by atoms with Crippen LogP contribution in [-0.4, -0.2) is 96.3 Å². The predicted molar refractivity (Wildman–Crippen MR) is 114 cm³/mol. The highest BCUT2D eigenvalue weighted by Gasteiger charge is 2.60. The third-order valence-electron chi connectivity index (χ3n) is 6.25. The molecule has 2 amide bonds. The Labute approximate surface area is 185 Å². The van der Waals surface area contributed by atoms with Gasteiger partial charge in [0.2, 0.25) is 11.8 Å². The number of rotatable bonds is 8. The number of thioether (sulfide) groups is 1. The van der Waals surface area contributed by atoms with Gasteiger partial charge in [-0.2, -0.15) is 0 Å². The number of β-lactam (4-membered cyclic amide) rings is 1.